The van der Waals surface area contributed by atoms with Gasteiger partial charge in [-0.3, -0.25) is 4.79 Å². The molecule has 1 rings (SSSR count). The van der Waals surface area contributed by atoms with E-state index in [1.54, 1.807) is 13.8 Å². The Hall–Kier alpha value is -1.31. The van der Waals surface area contributed by atoms with Gasteiger partial charge >= 0.3 is 5.97 Å². The Kier molecular flexibility index (Phi) is 3.51. The molecule has 1 aromatic rings. The summed E-state index contributed by atoms with van der Waals surface area (Å²) < 4.78 is 0. The van der Waals surface area contributed by atoms with Crippen LogP contribution in [0, 0.1) is 5.41 Å². The predicted octanol–water partition coefficient (Wildman–Crippen LogP) is 3.29. The number of hydrogen-bond donors (Lipinski definition) is 1. The molecule has 0 aliphatic heterocycles. The molecule has 0 saturated carbocycles. The third-order valence-corrected chi connectivity index (χ3v) is 3.03. The number of rotatable bonds is 4. The van der Waals surface area contributed by atoms with Crippen LogP contribution in [-0.4, -0.2) is 11.1 Å². The second-order valence-corrected chi connectivity index (χ2v) is 4.40. The minimum absolute atomic E-state index is 0.0659. The maximum Gasteiger partial charge on any atom is 0.309 e. The van der Waals surface area contributed by atoms with Gasteiger partial charge in [0.2, 0.25) is 0 Å². The summed E-state index contributed by atoms with van der Waals surface area (Å²) >= 11 is 0. The van der Waals surface area contributed by atoms with Gasteiger partial charge in [-0.15, -0.1) is 0 Å². The second-order valence-electron chi connectivity index (χ2n) is 4.40. The van der Waals surface area contributed by atoms with Crippen LogP contribution >= 0.6 is 0 Å². The lowest BCUT2D eigenvalue weighted by Gasteiger charge is -2.29. The van der Waals surface area contributed by atoms with Gasteiger partial charge in [0.1, 0.15) is 0 Å². The molecule has 0 aromatic heterocycles. The fourth-order valence-electron chi connectivity index (χ4n) is 2.00. The summed E-state index contributed by atoms with van der Waals surface area (Å²) in [6.07, 6.45) is 0.837. The Morgan fingerprint density at radius 1 is 1.33 bits per heavy atom. The van der Waals surface area contributed by atoms with Crippen molar-refractivity contribution in [1.82, 2.24) is 0 Å². The Bertz CT molecular complexity index is 328. The second kappa shape index (κ2) is 4.47. The number of hydrogen-bond acceptors (Lipinski definition) is 1. The van der Waals surface area contributed by atoms with E-state index in [0.29, 0.717) is 0 Å². The summed E-state index contributed by atoms with van der Waals surface area (Å²) in [5.74, 6) is -0.672. The zero-order chi connectivity index (χ0) is 11.5. The molecular weight excluding hydrogens is 188 g/mol. The molecule has 0 aliphatic carbocycles. The quantitative estimate of drug-likeness (QED) is 0.820. The molecular formula is C13H18O2. The molecule has 0 heterocycles. The van der Waals surface area contributed by atoms with E-state index >= 15 is 0 Å². The van der Waals surface area contributed by atoms with Crippen molar-refractivity contribution in [2.24, 2.45) is 5.41 Å². The summed E-state index contributed by atoms with van der Waals surface area (Å²) in [6.45, 7) is 5.61. The van der Waals surface area contributed by atoms with Crippen LogP contribution in [0.25, 0.3) is 0 Å². The van der Waals surface area contributed by atoms with Crippen LogP contribution in [-0.2, 0) is 4.79 Å². The van der Waals surface area contributed by atoms with E-state index < -0.39 is 11.4 Å². The lowest BCUT2D eigenvalue weighted by Crippen LogP contribution is -2.31. The van der Waals surface area contributed by atoms with Crippen molar-refractivity contribution in [3.63, 3.8) is 0 Å². The highest BCUT2D eigenvalue weighted by Crippen LogP contribution is 2.38. The lowest BCUT2D eigenvalue weighted by molar-refractivity contribution is -0.148. The molecule has 0 bridgehead atoms. The summed E-state index contributed by atoms with van der Waals surface area (Å²) in [6, 6.07) is 9.85. The van der Waals surface area contributed by atoms with Gasteiger partial charge in [-0.1, -0.05) is 37.3 Å². The molecule has 1 atom stereocenters. The summed E-state index contributed by atoms with van der Waals surface area (Å²) in [7, 11) is 0. The largest absolute Gasteiger partial charge is 0.481 e. The van der Waals surface area contributed by atoms with Crippen molar-refractivity contribution >= 4 is 5.97 Å². The van der Waals surface area contributed by atoms with E-state index in [2.05, 4.69) is 0 Å². The molecule has 15 heavy (non-hydrogen) atoms. The Morgan fingerprint density at radius 3 is 2.27 bits per heavy atom. The van der Waals surface area contributed by atoms with Gasteiger partial charge in [0, 0.05) is 0 Å². The first-order valence-corrected chi connectivity index (χ1v) is 5.28. The summed E-state index contributed by atoms with van der Waals surface area (Å²) in [5, 5.41) is 9.20. The molecule has 0 spiro atoms. The SMILES string of the molecule is CCC(c1ccccc1)C(C)(C)C(=O)O. The fraction of sp³-hybridized carbons (Fsp3) is 0.462. The maximum atomic E-state index is 11.2. The minimum Gasteiger partial charge on any atom is -0.481 e. The first kappa shape index (κ1) is 11.8. The number of aliphatic carboxylic acids is 1. The molecule has 2 nitrogen and oxygen atoms in total. The Balaban J connectivity index is 3.05. The molecule has 2 heteroatoms. The van der Waals surface area contributed by atoms with E-state index in [4.69, 9.17) is 0 Å². The van der Waals surface area contributed by atoms with Gasteiger partial charge in [-0.05, 0) is 31.7 Å². The van der Waals surface area contributed by atoms with Crippen molar-refractivity contribution < 1.29 is 9.90 Å². The third-order valence-electron chi connectivity index (χ3n) is 3.03. The van der Waals surface area contributed by atoms with E-state index in [9.17, 15) is 9.90 Å². The lowest BCUT2D eigenvalue weighted by atomic mass is 9.73. The molecule has 0 saturated heterocycles. The Morgan fingerprint density at radius 2 is 1.87 bits per heavy atom. The summed E-state index contributed by atoms with van der Waals surface area (Å²) in [4.78, 5) is 11.2. The molecule has 0 amide bonds. The van der Waals surface area contributed by atoms with Crippen LogP contribution in [0.3, 0.4) is 0 Å². The topological polar surface area (TPSA) is 37.3 Å². The molecule has 0 radical (unpaired) electrons. The normalized spacial score (nSPS) is 13.5. The van der Waals surface area contributed by atoms with Crippen LogP contribution in [0.4, 0.5) is 0 Å². The van der Waals surface area contributed by atoms with E-state index in [0.717, 1.165) is 12.0 Å². The fourth-order valence-corrected chi connectivity index (χ4v) is 2.00. The molecule has 1 unspecified atom stereocenters. The van der Waals surface area contributed by atoms with E-state index in [-0.39, 0.29) is 5.92 Å². The number of carboxylic acid groups (broad SMARTS) is 1. The molecule has 0 aliphatic rings. The van der Waals surface area contributed by atoms with Gasteiger partial charge in [0.15, 0.2) is 0 Å². The molecule has 1 aromatic carbocycles. The van der Waals surface area contributed by atoms with Crippen molar-refractivity contribution in [3.05, 3.63) is 35.9 Å². The molecule has 0 fully saturated rings. The van der Waals surface area contributed by atoms with Crippen molar-refractivity contribution in [2.45, 2.75) is 33.1 Å². The number of carbonyl (C=O) groups is 1. The van der Waals surface area contributed by atoms with Crippen molar-refractivity contribution in [2.75, 3.05) is 0 Å². The maximum absolute atomic E-state index is 11.2. The van der Waals surface area contributed by atoms with Crippen molar-refractivity contribution in [1.29, 1.82) is 0 Å². The molecule has 1 N–H and O–H groups in total. The smallest absolute Gasteiger partial charge is 0.309 e. The van der Waals surface area contributed by atoms with Crippen LogP contribution < -0.4 is 0 Å². The number of benzene rings is 1. The highest BCUT2D eigenvalue weighted by molar-refractivity contribution is 5.75. The van der Waals surface area contributed by atoms with Gasteiger partial charge in [-0.25, -0.2) is 0 Å². The van der Waals surface area contributed by atoms with Crippen molar-refractivity contribution in [3.8, 4) is 0 Å². The first-order valence-electron chi connectivity index (χ1n) is 5.28. The predicted molar refractivity (Wildman–Crippen MR) is 60.9 cm³/mol. The third kappa shape index (κ3) is 2.38. The van der Waals surface area contributed by atoms with Gasteiger partial charge < -0.3 is 5.11 Å². The van der Waals surface area contributed by atoms with E-state index in [1.165, 1.54) is 0 Å². The van der Waals surface area contributed by atoms with Gasteiger partial charge in [0.25, 0.3) is 0 Å². The van der Waals surface area contributed by atoms with Crippen LogP contribution in [0.2, 0.25) is 0 Å². The highest BCUT2D eigenvalue weighted by Gasteiger charge is 2.36. The monoisotopic (exact) mass is 206 g/mol. The first-order chi connectivity index (χ1) is 7.00. The number of carboxylic acids is 1. The average molecular weight is 206 g/mol. The molecule has 82 valence electrons. The minimum atomic E-state index is -0.738. The van der Waals surface area contributed by atoms with Gasteiger partial charge in [-0.2, -0.15) is 0 Å². The summed E-state index contributed by atoms with van der Waals surface area (Å²) in [5.41, 5.74) is 0.392. The zero-order valence-corrected chi connectivity index (χ0v) is 9.53. The average Bonchev–Trinajstić information content (AvgIpc) is 2.19. The van der Waals surface area contributed by atoms with E-state index in [1.807, 2.05) is 37.3 Å². The Labute approximate surface area is 90.9 Å². The zero-order valence-electron chi connectivity index (χ0n) is 9.53. The van der Waals surface area contributed by atoms with Gasteiger partial charge in [0.05, 0.1) is 5.41 Å². The standard InChI is InChI=1S/C13H18O2/c1-4-11(13(2,3)12(14)15)10-8-6-5-7-9-10/h5-9,11H,4H2,1-3H3,(H,14,15). The highest BCUT2D eigenvalue weighted by atomic mass is 16.4. The van der Waals surface area contributed by atoms with Crippen LogP contribution in [0.1, 0.15) is 38.7 Å². The van der Waals surface area contributed by atoms with Crippen LogP contribution in [0.15, 0.2) is 30.3 Å². The van der Waals surface area contributed by atoms with Crippen LogP contribution in [0.5, 0.6) is 0 Å².